The zero-order valence-electron chi connectivity index (χ0n) is 31.8. The predicted octanol–water partition coefficient (Wildman–Crippen LogP) is 7.69. The van der Waals surface area contributed by atoms with E-state index in [1.54, 1.807) is 24.3 Å². The molecule has 0 radical (unpaired) electrons. The highest BCUT2D eigenvalue weighted by atomic mass is 19.4. The molecule has 5 aromatic rings. The van der Waals surface area contributed by atoms with Gasteiger partial charge in [0.15, 0.2) is 11.5 Å². The average Bonchev–Trinajstić information content (AvgIpc) is 3.87. The number of hydrogen-bond donors (Lipinski definition) is 1. The van der Waals surface area contributed by atoms with Gasteiger partial charge in [-0.1, -0.05) is 36.4 Å². The van der Waals surface area contributed by atoms with Crippen LogP contribution in [0.1, 0.15) is 61.5 Å². The standard InChI is InChI=1S/C45H43F3N4O6/c46-45(47,48)32-9-5-6-29(20-32)25-51(33-11-13-35(53)14-12-33)44(55)38-22-40(50-15-4-3-10-39(38)50)36-23-41-42(58-28-57-41)24-37(36)43(54)52-26-31-8-2-1-7-30(31)21-34(52)27-49-16-18-56-19-17-49/h1-2,5-9,11-14,20,22-24,34,53H,3-4,10,15-19,21,25-28H2/t34-/m0/s1. The van der Waals surface area contributed by atoms with Crippen LogP contribution in [0, 0.1) is 0 Å². The molecule has 5 heterocycles. The Labute approximate surface area is 333 Å². The lowest BCUT2D eigenvalue weighted by molar-refractivity contribution is -0.137. The monoisotopic (exact) mass is 792 g/mol. The van der Waals surface area contributed by atoms with Crippen LogP contribution >= 0.6 is 0 Å². The lowest BCUT2D eigenvalue weighted by atomic mass is 9.92. The molecule has 0 spiro atoms. The molecule has 4 aliphatic rings. The molecular formula is C45H43F3N4O6. The largest absolute Gasteiger partial charge is 0.508 e. The number of nitrogens with zero attached hydrogens (tertiary/aromatic N) is 4. The maximum Gasteiger partial charge on any atom is 0.416 e. The van der Waals surface area contributed by atoms with Crippen LogP contribution in [0.2, 0.25) is 0 Å². The van der Waals surface area contributed by atoms with Crippen LogP contribution in [-0.4, -0.2) is 77.0 Å². The van der Waals surface area contributed by atoms with E-state index in [4.69, 9.17) is 14.2 Å². The van der Waals surface area contributed by atoms with Gasteiger partial charge in [-0.05, 0) is 97.0 Å². The Bertz CT molecular complexity index is 2350. The van der Waals surface area contributed by atoms with E-state index in [9.17, 15) is 23.1 Å². The van der Waals surface area contributed by atoms with Gasteiger partial charge >= 0.3 is 6.18 Å². The maximum absolute atomic E-state index is 15.2. The predicted molar refractivity (Wildman–Crippen MR) is 210 cm³/mol. The van der Waals surface area contributed by atoms with Crippen LogP contribution < -0.4 is 14.4 Å². The number of carbonyl (C=O) groups excluding carboxylic acids is 2. The summed E-state index contributed by atoms with van der Waals surface area (Å²) in [7, 11) is 0. The van der Waals surface area contributed by atoms with Crippen LogP contribution in [0.15, 0.2) is 91.0 Å². The van der Waals surface area contributed by atoms with Crippen LogP contribution in [0.3, 0.4) is 0 Å². The van der Waals surface area contributed by atoms with E-state index in [2.05, 4.69) is 21.6 Å². The van der Waals surface area contributed by atoms with Crippen molar-refractivity contribution in [3.8, 4) is 28.5 Å². The molecule has 0 bridgehead atoms. The van der Waals surface area contributed by atoms with E-state index in [0.717, 1.165) is 49.3 Å². The molecule has 0 saturated carbocycles. The second-order valence-electron chi connectivity index (χ2n) is 15.3. The normalized spacial score (nSPS) is 17.8. The van der Waals surface area contributed by atoms with Crippen LogP contribution in [0.5, 0.6) is 17.2 Å². The van der Waals surface area contributed by atoms with Gasteiger partial charge < -0.3 is 33.7 Å². The molecular weight excluding hydrogens is 750 g/mol. The molecule has 0 aliphatic carbocycles. The molecule has 58 heavy (non-hydrogen) atoms. The Hall–Kier alpha value is -5.79. The molecule has 10 nitrogen and oxygen atoms in total. The fraction of sp³-hybridized carbons (Fsp3) is 0.333. The number of ether oxygens (including phenoxy) is 3. The Morgan fingerprint density at radius 1 is 0.828 bits per heavy atom. The number of anilines is 1. The Morgan fingerprint density at radius 3 is 2.36 bits per heavy atom. The highest BCUT2D eigenvalue weighted by molar-refractivity contribution is 6.09. The molecule has 0 unspecified atom stereocenters. The number of carbonyl (C=O) groups is 2. The first kappa shape index (κ1) is 37.8. The van der Waals surface area contributed by atoms with Gasteiger partial charge in [0.25, 0.3) is 11.8 Å². The molecule has 300 valence electrons. The van der Waals surface area contributed by atoms with Crippen LogP contribution in [-0.2, 0) is 43.4 Å². The number of amides is 2. The third-order valence-corrected chi connectivity index (χ3v) is 11.7. The lowest BCUT2D eigenvalue weighted by Crippen LogP contribution is -2.52. The van der Waals surface area contributed by atoms with Crippen molar-refractivity contribution in [2.24, 2.45) is 0 Å². The van der Waals surface area contributed by atoms with E-state index < -0.39 is 17.6 Å². The number of fused-ring (bicyclic) bond motifs is 3. The van der Waals surface area contributed by atoms with Crippen molar-refractivity contribution < 1.29 is 42.1 Å². The fourth-order valence-electron chi connectivity index (χ4n) is 8.73. The topological polar surface area (TPSA) is 96.7 Å². The Morgan fingerprint density at radius 2 is 1.59 bits per heavy atom. The van der Waals surface area contributed by atoms with E-state index in [1.807, 2.05) is 29.2 Å². The minimum atomic E-state index is -4.56. The summed E-state index contributed by atoms with van der Waals surface area (Å²) in [6.45, 7) is 4.46. The molecule has 1 saturated heterocycles. The number of phenolic OH excluding ortho intramolecular Hbond substituents is 1. The van der Waals surface area contributed by atoms with E-state index in [-0.39, 0.29) is 31.0 Å². The summed E-state index contributed by atoms with van der Waals surface area (Å²) in [5, 5.41) is 10.1. The zero-order chi connectivity index (χ0) is 40.0. The van der Waals surface area contributed by atoms with Crippen molar-refractivity contribution in [2.75, 3.05) is 44.5 Å². The summed E-state index contributed by atoms with van der Waals surface area (Å²) < 4.78 is 60.7. The molecule has 4 aromatic carbocycles. The van der Waals surface area contributed by atoms with Gasteiger partial charge in [-0.25, -0.2) is 0 Å². The summed E-state index contributed by atoms with van der Waals surface area (Å²) in [4.78, 5) is 35.9. The van der Waals surface area contributed by atoms with Crippen LogP contribution in [0.25, 0.3) is 11.3 Å². The molecule has 1 atom stereocenters. The van der Waals surface area contributed by atoms with Crippen molar-refractivity contribution in [3.63, 3.8) is 0 Å². The van der Waals surface area contributed by atoms with Gasteiger partial charge in [0.2, 0.25) is 6.79 Å². The SMILES string of the molecule is O=C(c1cc(-c2cc3c(cc2C(=O)N2Cc4ccccc4C[C@H]2CN2CCOCC2)OCO3)n2c1CCCC2)N(Cc1cccc(C(F)(F)F)c1)c1ccc(O)cc1. The first-order valence-electron chi connectivity index (χ1n) is 19.7. The third kappa shape index (κ3) is 7.40. The minimum absolute atomic E-state index is 0.0102. The summed E-state index contributed by atoms with van der Waals surface area (Å²) in [6.07, 6.45) is -1.57. The summed E-state index contributed by atoms with van der Waals surface area (Å²) >= 11 is 0. The molecule has 2 amide bonds. The molecule has 1 N–H and O–H groups in total. The molecule has 9 rings (SSSR count). The molecule has 4 aliphatic heterocycles. The summed E-state index contributed by atoms with van der Waals surface area (Å²) in [6, 6.07) is 24.5. The number of phenols is 1. The second-order valence-corrected chi connectivity index (χ2v) is 15.3. The Balaban J connectivity index is 1.13. The number of aromatic nitrogens is 1. The highest BCUT2D eigenvalue weighted by Gasteiger charge is 2.36. The van der Waals surface area contributed by atoms with Gasteiger partial charge in [0.1, 0.15) is 5.75 Å². The fourth-order valence-corrected chi connectivity index (χ4v) is 8.73. The second kappa shape index (κ2) is 15.5. The van der Waals surface area contributed by atoms with Gasteiger partial charge in [0.05, 0.1) is 36.4 Å². The number of alkyl halides is 3. The van der Waals surface area contributed by atoms with Gasteiger partial charge in [0, 0.05) is 61.4 Å². The Kier molecular flexibility index (Phi) is 10.1. The van der Waals surface area contributed by atoms with Crippen molar-refractivity contribution in [1.29, 1.82) is 0 Å². The number of rotatable bonds is 8. The van der Waals surface area contributed by atoms with E-state index >= 15 is 4.79 Å². The lowest BCUT2D eigenvalue weighted by Gasteiger charge is -2.40. The number of aromatic hydroxyl groups is 1. The molecule has 1 aromatic heterocycles. The van der Waals surface area contributed by atoms with Gasteiger partial charge in [-0.3, -0.25) is 14.5 Å². The van der Waals surface area contributed by atoms with Crippen molar-refractivity contribution in [3.05, 3.63) is 130 Å². The van der Waals surface area contributed by atoms with E-state index in [0.29, 0.717) is 90.8 Å². The van der Waals surface area contributed by atoms with Crippen LogP contribution in [0.4, 0.5) is 18.9 Å². The summed E-state index contributed by atoms with van der Waals surface area (Å²) in [5.41, 5.74) is 5.10. The number of morpholine rings is 1. The summed E-state index contributed by atoms with van der Waals surface area (Å²) in [5.74, 6) is 0.385. The average molecular weight is 793 g/mol. The first-order chi connectivity index (χ1) is 28.1. The van der Waals surface area contributed by atoms with Crippen molar-refractivity contribution >= 4 is 17.5 Å². The van der Waals surface area contributed by atoms with Crippen molar-refractivity contribution in [1.82, 2.24) is 14.4 Å². The maximum atomic E-state index is 15.2. The number of halogens is 3. The minimum Gasteiger partial charge on any atom is -0.508 e. The first-order valence-corrected chi connectivity index (χ1v) is 19.7. The van der Waals surface area contributed by atoms with Gasteiger partial charge in [-0.15, -0.1) is 0 Å². The van der Waals surface area contributed by atoms with Crippen molar-refractivity contribution in [2.45, 2.75) is 57.5 Å². The quantitative estimate of drug-likeness (QED) is 0.172. The number of benzene rings is 4. The smallest absolute Gasteiger partial charge is 0.416 e. The molecule has 1 fully saturated rings. The molecule has 13 heteroatoms. The number of hydrogen-bond acceptors (Lipinski definition) is 7. The highest BCUT2D eigenvalue weighted by Crippen LogP contribution is 2.43. The third-order valence-electron chi connectivity index (χ3n) is 11.7. The van der Waals surface area contributed by atoms with Gasteiger partial charge in [-0.2, -0.15) is 13.2 Å². The zero-order valence-corrected chi connectivity index (χ0v) is 31.8. The van der Waals surface area contributed by atoms with E-state index in [1.165, 1.54) is 28.7 Å².